The van der Waals surface area contributed by atoms with Gasteiger partial charge in [0.15, 0.2) is 23.0 Å². The van der Waals surface area contributed by atoms with Crippen molar-refractivity contribution in [3.05, 3.63) is 94.6 Å². The Morgan fingerprint density at radius 3 is 1.66 bits per heavy atom. The van der Waals surface area contributed by atoms with Gasteiger partial charge in [-0.2, -0.15) is 0 Å². The molecule has 4 amide bonds. The van der Waals surface area contributed by atoms with Crippen LogP contribution in [0.4, 0.5) is 11.4 Å². The molecule has 76 heavy (non-hydrogen) atoms. The molecule has 0 bridgehead atoms. The van der Waals surface area contributed by atoms with Crippen LogP contribution in [0.25, 0.3) is 0 Å². The summed E-state index contributed by atoms with van der Waals surface area (Å²) in [5.41, 5.74) is 5.88. The second-order valence-corrected chi connectivity index (χ2v) is 18.8. The summed E-state index contributed by atoms with van der Waals surface area (Å²) < 4.78 is 46.2. The Bertz CT molecular complexity index is 2620. The van der Waals surface area contributed by atoms with Crippen LogP contribution in [-0.2, 0) is 46.5 Å². The normalized spacial score (nSPS) is 16.2. The highest BCUT2D eigenvalue weighted by molar-refractivity contribution is 9.09. The highest BCUT2D eigenvalue weighted by Gasteiger charge is 2.36. The SMILES string of the molecule is C=C1C[C@H]2C=Nc3cc(OCc4cc(C#CCNC(=O)CCOCCOCCOCCOCCNC(=O)CCCC(=O)CBr)cc(COc5cc6c(cc5OC)C(=O)N5CC(=C)C[C@H]5C=N6)c4)c(OC)cc3C(=O)N2C1. The quantitative estimate of drug-likeness (QED) is 0.0353. The number of methoxy groups -OCH3 is 2. The molecule has 2 saturated heterocycles. The average molecular weight is 1110 g/mol. The van der Waals surface area contributed by atoms with Crippen LogP contribution < -0.4 is 29.6 Å². The van der Waals surface area contributed by atoms with Crippen molar-refractivity contribution in [2.45, 2.75) is 63.8 Å². The largest absolute Gasteiger partial charge is 0.493 e. The molecule has 0 spiro atoms. The van der Waals surface area contributed by atoms with Crippen molar-refractivity contribution in [3.8, 4) is 34.8 Å². The van der Waals surface area contributed by atoms with Gasteiger partial charge in [0.1, 0.15) is 19.0 Å². The van der Waals surface area contributed by atoms with Crippen LogP contribution in [-0.4, -0.2) is 162 Å². The summed E-state index contributed by atoms with van der Waals surface area (Å²) in [6.07, 6.45) is 6.24. The lowest BCUT2D eigenvalue weighted by Crippen LogP contribution is -2.35. The highest BCUT2D eigenvalue weighted by Crippen LogP contribution is 2.40. The molecule has 4 aliphatic heterocycles. The van der Waals surface area contributed by atoms with E-state index in [0.29, 0.717) is 154 Å². The van der Waals surface area contributed by atoms with Gasteiger partial charge in [0.25, 0.3) is 11.8 Å². The second-order valence-electron chi connectivity index (χ2n) is 18.3. The van der Waals surface area contributed by atoms with Gasteiger partial charge in [-0.3, -0.25) is 34.0 Å². The topological polar surface area (TPSA) is 214 Å². The predicted octanol–water partition coefficient (Wildman–Crippen LogP) is 6.01. The number of aliphatic imine (C=N–C) groups is 2. The van der Waals surface area contributed by atoms with Gasteiger partial charge < -0.3 is 58.3 Å². The number of carbonyl (C=O) groups is 5. The van der Waals surface area contributed by atoms with Gasteiger partial charge in [-0.05, 0) is 60.7 Å². The van der Waals surface area contributed by atoms with Gasteiger partial charge >= 0.3 is 0 Å². The minimum atomic E-state index is -0.221. The van der Waals surface area contributed by atoms with Crippen molar-refractivity contribution in [2.24, 2.45) is 9.98 Å². The van der Waals surface area contributed by atoms with Crippen LogP contribution in [0.3, 0.4) is 0 Å². The molecular weight excluding hydrogens is 1040 g/mol. The third-order valence-corrected chi connectivity index (χ3v) is 13.1. The molecule has 20 heteroatoms. The smallest absolute Gasteiger partial charge is 0.257 e. The molecule has 0 radical (unpaired) electrons. The molecule has 4 aliphatic rings. The number of carbonyl (C=O) groups excluding carboxylic acids is 5. The van der Waals surface area contributed by atoms with Crippen molar-refractivity contribution < 1.29 is 61.9 Å². The first kappa shape index (κ1) is 56.8. The summed E-state index contributed by atoms with van der Waals surface area (Å²) in [5, 5.41) is 5.89. The van der Waals surface area contributed by atoms with E-state index in [1.165, 1.54) is 14.2 Å². The number of ether oxygens (including phenoxy) is 8. The maximum absolute atomic E-state index is 13.6. The lowest BCUT2D eigenvalue weighted by atomic mass is 10.1. The van der Waals surface area contributed by atoms with Crippen molar-refractivity contribution >= 4 is 69.1 Å². The summed E-state index contributed by atoms with van der Waals surface area (Å²) in [7, 11) is 3.03. The molecule has 3 aromatic carbocycles. The van der Waals surface area contributed by atoms with Crippen molar-refractivity contribution in [1.29, 1.82) is 0 Å². The standard InChI is InChI=1S/C56H65BrN6O13/c1-37-21-42-31-60-47-28-51(49(69-3)26-45(47)55(67)62(42)33-37)75-35-40-23-39(24-41(25-40)36-76-52-29-48-46(27-50(52)70-4)56(68)63-34-38(2)22-43(63)32-61-48)7-6-11-58-54(66)10-13-71-15-17-73-19-20-74-18-16-72-14-12-59-53(65)9-5-8-44(64)30-57/h23-29,31-32,42-43H,1-2,5,8-22,30,33-36H2,3-4H3,(H,58,66)(H,59,65)/t42-,43-/m0/s1. The minimum Gasteiger partial charge on any atom is -0.493 e. The number of rotatable bonds is 29. The number of fused-ring (bicyclic) bond motifs is 4. The highest BCUT2D eigenvalue weighted by atomic mass is 79.9. The minimum absolute atomic E-state index is 0.0800. The van der Waals surface area contributed by atoms with Crippen LogP contribution in [0.1, 0.15) is 75.9 Å². The Labute approximate surface area is 451 Å². The Kier molecular flexibility index (Phi) is 21.6. The number of halogens is 1. The summed E-state index contributed by atoms with van der Waals surface area (Å²) in [6, 6.07) is 12.1. The number of amides is 4. The Morgan fingerprint density at radius 2 is 1.14 bits per heavy atom. The van der Waals surface area contributed by atoms with Crippen molar-refractivity contribution in [1.82, 2.24) is 20.4 Å². The third kappa shape index (κ3) is 16.3. The van der Waals surface area contributed by atoms with Crippen molar-refractivity contribution in [3.63, 3.8) is 0 Å². The lowest BCUT2D eigenvalue weighted by Gasteiger charge is -2.20. The van der Waals surface area contributed by atoms with E-state index in [9.17, 15) is 24.0 Å². The van der Waals surface area contributed by atoms with E-state index in [2.05, 4.69) is 61.5 Å². The summed E-state index contributed by atoms with van der Waals surface area (Å²) in [6.45, 7) is 12.5. The molecule has 0 aliphatic carbocycles. The second kappa shape index (κ2) is 28.9. The summed E-state index contributed by atoms with van der Waals surface area (Å²) >= 11 is 3.11. The molecule has 7 rings (SSSR count). The van der Waals surface area contributed by atoms with Gasteiger partial charge in [-0.1, -0.05) is 52.1 Å². The first-order valence-corrected chi connectivity index (χ1v) is 26.3. The number of Topliss-reactive ketones (excluding diaryl/α,β-unsaturated/α-hetero) is 1. The van der Waals surface area contributed by atoms with Gasteiger partial charge in [0, 0.05) is 69.0 Å². The zero-order valence-corrected chi connectivity index (χ0v) is 44.7. The molecule has 4 heterocycles. The predicted molar refractivity (Wildman–Crippen MR) is 288 cm³/mol. The maximum atomic E-state index is 13.6. The fourth-order valence-corrected chi connectivity index (χ4v) is 8.98. The van der Waals surface area contributed by atoms with Crippen LogP contribution in [0.2, 0.25) is 0 Å². The van der Waals surface area contributed by atoms with E-state index in [1.54, 1.807) is 46.5 Å². The molecule has 2 atom stereocenters. The number of nitrogens with one attached hydrogen (secondary N) is 2. The molecule has 0 saturated carbocycles. The molecule has 0 unspecified atom stereocenters. The Morgan fingerprint density at radius 1 is 0.645 bits per heavy atom. The van der Waals surface area contributed by atoms with Gasteiger partial charge in [-0.15, -0.1) is 0 Å². The van der Waals surface area contributed by atoms with E-state index in [0.717, 1.165) is 22.3 Å². The molecule has 19 nitrogen and oxygen atoms in total. The number of hydrogen-bond donors (Lipinski definition) is 2. The summed E-state index contributed by atoms with van der Waals surface area (Å²) in [4.78, 5) is 75.7. The Balaban J connectivity index is 0.885. The molecule has 404 valence electrons. The van der Waals surface area contributed by atoms with Crippen LogP contribution in [0.15, 0.2) is 76.8 Å². The van der Waals surface area contributed by atoms with Crippen LogP contribution in [0, 0.1) is 11.8 Å². The lowest BCUT2D eigenvalue weighted by molar-refractivity contribution is -0.122. The molecule has 2 fully saturated rings. The van der Waals surface area contributed by atoms with Gasteiger partial charge in [0.05, 0.1) is 114 Å². The molecular formula is C56H65BrN6O13. The van der Waals surface area contributed by atoms with Crippen LogP contribution in [0.5, 0.6) is 23.0 Å². The third-order valence-electron chi connectivity index (χ3n) is 12.5. The first-order chi connectivity index (χ1) is 36.9. The molecule has 0 aromatic heterocycles. The van der Waals surface area contributed by atoms with E-state index < -0.39 is 0 Å². The number of hydrogen-bond acceptors (Lipinski definition) is 15. The van der Waals surface area contributed by atoms with Gasteiger partial charge in [-0.25, -0.2) is 0 Å². The zero-order valence-electron chi connectivity index (χ0n) is 43.1. The van der Waals surface area contributed by atoms with E-state index in [4.69, 9.17) is 37.9 Å². The average Bonchev–Trinajstić information content (AvgIpc) is 3.93. The first-order valence-electron chi connectivity index (χ1n) is 25.2. The van der Waals surface area contributed by atoms with E-state index in [1.807, 2.05) is 18.2 Å². The fourth-order valence-electron chi connectivity index (χ4n) is 8.70. The number of ketones is 1. The Hall–Kier alpha value is -6.89. The molecule has 2 N–H and O–H groups in total. The van der Waals surface area contributed by atoms with Crippen LogP contribution >= 0.6 is 15.9 Å². The number of benzene rings is 3. The maximum Gasteiger partial charge on any atom is 0.257 e. The van der Waals surface area contributed by atoms with Crippen molar-refractivity contribution in [2.75, 3.05) is 98.6 Å². The number of alkyl halides is 1. The number of nitrogens with zero attached hydrogens (tertiary/aromatic N) is 4. The summed E-state index contributed by atoms with van der Waals surface area (Å²) in [5.74, 6) is 7.21. The molecule has 3 aromatic rings. The zero-order chi connectivity index (χ0) is 53.8. The van der Waals surface area contributed by atoms with E-state index in [-0.39, 0.29) is 74.3 Å². The van der Waals surface area contributed by atoms with E-state index >= 15 is 0 Å². The monoisotopic (exact) mass is 1110 g/mol. The van der Waals surface area contributed by atoms with Gasteiger partial charge in [0.2, 0.25) is 11.8 Å². The fraction of sp³-hybridized carbons (Fsp3) is 0.446.